The van der Waals surface area contributed by atoms with Crippen molar-refractivity contribution in [1.82, 2.24) is 0 Å². The average molecular weight is 390 g/mol. The Morgan fingerprint density at radius 3 is 2.50 bits per heavy atom. The lowest BCUT2D eigenvalue weighted by Crippen LogP contribution is -2.53. The molecule has 0 saturated carbocycles. The molecule has 2 heterocycles. The first-order chi connectivity index (χ1) is 13.2. The predicted octanol–water partition coefficient (Wildman–Crippen LogP) is 2.48. The second kappa shape index (κ2) is 8.02. The minimum Gasteiger partial charge on any atom is -0.461 e. The monoisotopic (exact) mass is 390 g/mol. The van der Waals surface area contributed by atoms with Gasteiger partial charge in [-0.25, -0.2) is 4.79 Å². The summed E-state index contributed by atoms with van der Waals surface area (Å²) in [5.41, 5.74) is 0.692. The largest absolute Gasteiger partial charge is 0.461 e. The van der Waals surface area contributed by atoms with E-state index in [1.807, 2.05) is 6.92 Å². The molecule has 150 valence electrons. The molecule has 1 aromatic heterocycles. The van der Waals surface area contributed by atoms with Gasteiger partial charge in [-0.1, -0.05) is 0 Å². The second-order valence-corrected chi connectivity index (χ2v) is 6.80. The van der Waals surface area contributed by atoms with Gasteiger partial charge < -0.3 is 23.4 Å². The summed E-state index contributed by atoms with van der Waals surface area (Å²) in [6, 6.07) is 6.44. The van der Waals surface area contributed by atoms with Crippen molar-refractivity contribution >= 4 is 22.9 Å². The number of rotatable bonds is 4. The number of carbonyl (C=O) groups excluding carboxylic acids is 2. The highest BCUT2D eigenvalue weighted by molar-refractivity contribution is 5.81. The maximum atomic E-state index is 11.6. The summed E-state index contributed by atoms with van der Waals surface area (Å²) in [5.74, 6) is -0.675. The van der Waals surface area contributed by atoms with Crippen LogP contribution in [0, 0.1) is 6.92 Å². The molecule has 0 N–H and O–H groups in total. The minimum absolute atomic E-state index is 0.290. The third-order valence-corrected chi connectivity index (χ3v) is 4.36. The van der Waals surface area contributed by atoms with Crippen molar-refractivity contribution in [2.75, 3.05) is 0 Å². The molecule has 1 aliphatic heterocycles. The third kappa shape index (κ3) is 4.51. The quantitative estimate of drug-likeness (QED) is 0.580. The molecular weight excluding hydrogens is 368 g/mol. The summed E-state index contributed by atoms with van der Waals surface area (Å²) in [5, 5.41) is 0.777. The number of esters is 2. The molecule has 4 atom stereocenters. The van der Waals surface area contributed by atoms with Gasteiger partial charge in [0, 0.05) is 37.8 Å². The topological polar surface area (TPSA) is 101 Å². The molecule has 0 spiro atoms. The molecule has 1 saturated heterocycles. The Bertz CT molecular complexity index is 947. The third-order valence-electron chi connectivity index (χ3n) is 4.36. The number of fused-ring (bicyclic) bond motifs is 1. The van der Waals surface area contributed by atoms with E-state index in [2.05, 4.69) is 0 Å². The standard InChI is InChI=1S/C20H22O8/c1-10-7-18(23)28-16-9-14(5-6-15(10)16)27-20-19(26-13(4)22)17(25-12(3)21)8-11(2)24-20/h5-7,9,11,17,19-20H,8H2,1-4H3/t11-,17+,19-,20-/m0/s1. The molecule has 1 aliphatic rings. The summed E-state index contributed by atoms with van der Waals surface area (Å²) >= 11 is 0. The Hall–Kier alpha value is -2.87. The van der Waals surface area contributed by atoms with Crippen LogP contribution in [-0.2, 0) is 23.8 Å². The van der Waals surface area contributed by atoms with Crippen LogP contribution in [0.4, 0.5) is 0 Å². The van der Waals surface area contributed by atoms with Crippen LogP contribution in [0.3, 0.4) is 0 Å². The smallest absolute Gasteiger partial charge is 0.336 e. The summed E-state index contributed by atoms with van der Waals surface area (Å²) in [6.45, 7) is 6.16. The van der Waals surface area contributed by atoms with Crippen LogP contribution in [0.15, 0.2) is 33.5 Å². The summed E-state index contributed by atoms with van der Waals surface area (Å²) < 4.78 is 27.5. The highest BCUT2D eigenvalue weighted by Crippen LogP contribution is 2.29. The molecule has 1 fully saturated rings. The number of carbonyl (C=O) groups is 2. The SMILES string of the molecule is CC(=O)O[C@@H]1[C@H](Oc2ccc3c(C)cc(=O)oc3c2)O[C@@H](C)C[C@H]1OC(C)=O. The summed E-state index contributed by atoms with van der Waals surface area (Å²) in [7, 11) is 0. The van der Waals surface area contributed by atoms with Crippen molar-refractivity contribution in [3.05, 3.63) is 40.2 Å². The summed E-state index contributed by atoms with van der Waals surface area (Å²) in [6.07, 6.45) is -2.55. The molecule has 0 radical (unpaired) electrons. The van der Waals surface area contributed by atoms with E-state index in [-0.39, 0.29) is 6.10 Å². The van der Waals surface area contributed by atoms with Gasteiger partial charge in [-0.15, -0.1) is 0 Å². The highest BCUT2D eigenvalue weighted by Gasteiger charge is 2.43. The van der Waals surface area contributed by atoms with Crippen molar-refractivity contribution < 1.29 is 33.0 Å². The molecule has 0 aliphatic carbocycles. The Kier molecular flexibility index (Phi) is 5.69. The van der Waals surface area contributed by atoms with Crippen LogP contribution in [0.5, 0.6) is 5.75 Å². The molecule has 2 aromatic rings. The number of hydrogen-bond donors (Lipinski definition) is 0. The van der Waals surface area contributed by atoms with E-state index >= 15 is 0 Å². The fourth-order valence-corrected chi connectivity index (χ4v) is 3.26. The number of aryl methyl sites for hydroxylation is 1. The van der Waals surface area contributed by atoms with E-state index in [1.54, 1.807) is 25.1 Å². The van der Waals surface area contributed by atoms with E-state index in [0.29, 0.717) is 17.8 Å². The zero-order valence-electron chi connectivity index (χ0n) is 16.1. The van der Waals surface area contributed by atoms with Gasteiger partial charge in [-0.05, 0) is 31.5 Å². The van der Waals surface area contributed by atoms with Crippen LogP contribution in [0.1, 0.15) is 32.8 Å². The Balaban J connectivity index is 1.90. The van der Waals surface area contributed by atoms with Gasteiger partial charge in [-0.3, -0.25) is 9.59 Å². The molecule has 28 heavy (non-hydrogen) atoms. The van der Waals surface area contributed by atoms with Gasteiger partial charge >= 0.3 is 17.6 Å². The first-order valence-corrected chi connectivity index (χ1v) is 8.94. The van der Waals surface area contributed by atoms with E-state index < -0.39 is 36.1 Å². The molecule has 3 rings (SSSR count). The first kappa shape index (κ1) is 19.9. The minimum atomic E-state index is -0.994. The van der Waals surface area contributed by atoms with Crippen molar-refractivity contribution in [1.29, 1.82) is 0 Å². The zero-order valence-corrected chi connectivity index (χ0v) is 16.1. The van der Waals surface area contributed by atoms with E-state index in [0.717, 1.165) is 10.9 Å². The molecule has 0 bridgehead atoms. The van der Waals surface area contributed by atoms with Crippen molar-refractivity contribution in [3.8, 4) is 5.75 Å². The van der Waals surface area contributed by atoms with Crippen LogP contribution < -0.4 is 10.4 Å². The normalized spacial score (nSPS) is 24.6. The predicted molar refractivity (Wildman–Crippen MR) is 97.9 cm³/mol. The van der Waals surface area contributed by atoms with Gasteiger partial charge in [0.25, 0.3) is 0 Å². The zero-order chi connectivity index (χ0) is 20.4. The van der Waals surface area contributed by atoms with Crippen LogP contribution in [-0.4, -0.2) is 36.5 Å². The fraction of sp³-hybridized carbons (Fsp3) is 0.450. The average Bonchev–Trinajstić information content (AvgIpc) is 2.56. The summed E-state index contributed by atoms with van der Waals surface area (Å²) in [4.78, 5) is 34.6. The van der Waals surface area contributed by atoms with E-state index in [4.69, 9.17) is 23.4 Å². The number of hydrogen-bond acceptors (Lipinski definition) is 8. The fourth-order valence-electron chi connectivity index (χ4n) is 3.26. The first-order valence-electron chi connectivity index (χ1n) is 8.94. The van der Waals surface area contributed by atoms with Crippen LogP contribution in [0.2, 0.25) is 0 Å². The van der Waals surface area contributed by atoms with Crippen LogP contribution >= 0.6 is 0 Å². The van der Waals surface area contributed by atoms with Gasteiger partial charge in [0.2, 0.25) is 12.4 Å². The lowest BCUT2D eigenvalue weighted by molar-refractivity contribution is -0.246. The van der Waals surface area contributed by atoms with Gasteiger partial charge in [0.15, 0.2) is 0 Å². The van der Waals surface area contributed by atoms with Crippen molar-refractivity contribution in [2.24, 2.45) is 0 Å². The molecule has 0 unspecified atom stereocenters. The second-order valence-electron chi connectivity index (χ2n) is 6.80. The molecule has 8 nitrogen and oxygen atoms in total. The van der Waals surface area contributed by atoms with Gasteiger partial charge in [0.1, 0.15) is 17.4 Å². The van der Waals surface area contributed by atoms with Crippen molar-refractivity contribution in [2.45, 2.75) is 58.7 Å². The van der Waals surface area contributed by atoms with Crippen molar-refractivity contribution in [3.63, 3.8) is 0 Å². The lowest BCUT2D eigenvalue weighted by atomic mass is 10.0. The van der Waals surface area contributed by atoms with E-state index in [9.17, 15) is 14.4 Å². The number of benzene rings is 1. The maximum absolute atomic E-state index is 11.6. The van der Waals surface area contributed by atoms with Gasteiger partial charge in [0.05, 0.1) is 6.10 Å². The maximum Gasteiger partial charge on any atom is 0.336 e. The van der Waals surface area contributed by atoms with Gasteiger partial charge in [-0.2, -0.15) is 0 Å². The molecule has 1 aromatic carbocycles. The van der Waals surface area contributed by atoms with Crippen LogP contribution in [0.25, 0.3) is 11.0 Å². The molecular formula is C20H22O8. The molecule has 0 amide bonds. The number of ether oxygens (including phenoxy) is 4. The lowest BCUT2D eigenvalue weighted by Gasteiger charge is -2.39. The molecule has 8 heteroatoms. The Morgan fingerprint density at radius 2 is 1.82 bits per heavy atom. The highest BCUT2D eigenvalue weighted by atomic mass is 16.7. The van der Waals surface area contributed by atoms with E-state index in [1.165, 1.54) is 19.9 Å². The Morgan fingerprint density at radius 1 is 1.11 bits per heavy atom. The Labute approximate surface area is 161 Å².